The first-order valence-electron chi connectivity index (χ1n) is 9.83. The van der Waals surface area contributed by atoms with Crippen LogP contribution in [0.4, 0.5) is 20.4 Å². The van der Waals surface area contributed by atoms with Crippen molar-refractivity contribution in [1.82, 2.24) is 35.6 Å². The number of aromatic nitrogens is 7. The Morgan fingerprint density at radius 2 is 1.85 bits per heavy atom. The molecule has 5 rings (SSSR count). The van der Waals surface area contributed by atoms with E-state index in [1.54, 1.807) is 36.8 Å². The zero-order chi connectivity index (χ0) is 23.3. The molecule has 5 aromatic rings. The molecule has 9 nitrogen and oxygen atoms in total. The van der Waals surface area contributed by atoms with Crippen LogP contribution < -0.4 is 10.1 Å². The number of rotatable bonds is 7. The quantitative estimate of drug-likeness (QED) is 0.334. The highest BCUT2D eigenvalue weighted by molar-refractivity contribution is 7.99. The Balaban J connectivity index is 1.45. The molecule has 0 fully saturated rings. The summed E-state index contributed by atoms with van der Waals surface area (Å²) in [6.07, 6.45) is 4.89. The van der Waals surface area contributed by atoms with Crippen LogP contribution in [-0.4, -0.2) is 35.6 Å². The summed E-state index contributed by atoms with van der Waals surface area (Å²) in [6.45, 7) is 0. The molecule has 0 aliphatic rings. The fourth-order valence-corrected chi connectivity index (χ4v) is 3.64. The van der Waals surface area contributed by atoms with Gasteiger partial charge in [-0.3, -0.25) is 0 Å². The van der Waals surface area contributed by atoms with Crippen LogP contribution in [0.15, 0.2) is 83.1 Å². The Morgan fingerprint density at radius 1 is 0.912 bits per heavy atom. The largest absolute Gasteiger partial charge is 0.450 e. The van der Waals surface area contributed by atoms with Gasteiger partial charge in [-0.15, -0.1) is 5.10 Å². The molecule has 4 aromatic heterocycles. The van der Waals surface area contributed by atoms with Crippen LogP contribution >= 0.6 is 11.8 Å². The van der Waals surface area contributed by atoms with Gasteiger partial charge in [-0.2, -0.15) is 0 Å². The van der Waals surface area contributed by atoms with Crippen molar-refractivity contribution in [3.8, 4) is 22.9 Å². The highest BCUT2D eigenvalue weighted by Gasteiger charge is 2.14. The van der Waals surface area contributed by atoms with Gasteiger partial charge in [-0.05, 0) is 46.8 Å². The standard InChI is InChI=1S/C22H14F2N8OS/c23-14-5-6-17(16(24)9-14)33-18-10-15(34-20-3-1-2-8-25-20)12-27-22(18)28-19-7-4-13(11-26-19)21-29-31-32-30-21/h1-12H,(H,26,27,28)(H,29,30,31,32). The molecule has 4 heterocycles. The van der Waals surface area contributed by atoms with Crippen LogP contribution in [0.2, 0.25) is 0 Å². The third-order valence-electron chi connectivity index (χ3n) is 4.43. The molecule has 0 radical (unpaired) electrons. The summed E-state index contributed by atoms with van der Waals surface area (Å²) in [7, 11) is 0. The Morgan fingerprint density at radius 3 is 2.59 bits per heavy atom. The molecule has 0 amide bonds. The molecule has 0 saturated heterocycles. The average Bonchev–Trinajstić information content (AvgIpc) is 3.39. The molecule has 0 bridgehead atoms. The highest BCUT2D eigenvalue weighted by Crippen LogP contribution is 2.36. The van der Waals surface area contributed by atoms with Crippen LogP contribution in [0.3, 0.4) is 0 Å². The van der Waals surface area contributed by atoms with Gasteiger partial charge in [0.05, 0.1) is 0 Å². The number of nitrogens with one attached hydrogen (secondary N) is 2. The van der Waals surface area contributed by atoms with Gasteiger partial charge in [0.15, 0.2) is 29.0 Å². The van der Waals surface area contributed by atoms with Gasteiger partial charge in [-0.25, -0.2) is 28.8 Å². The summed E-state index contributed by atoms with van der Waals surface area (Å²) in [5.41, 5.74) is 0.690. The van der Waals surface area contributed by atoms with E-state index in [1.807, 2.05) is 18.2 Å². The number of hydrogen-bond donors (Lipinski definition) is 2. The number of nitrogens with zero attached hydrogens (tertiary/aromatic N) is 6. The van der Waals surface area contributed by atoms with E-state index >= 15 is 0 Å². The number of H-pyrrole nitrogens is 1. The number of anilines is 2. The summed E-state index contributed by atoms with van der Waals surface area (Å²) in [6, 6.07) is 13.8. The Kier molecular flexibility index (Phi) is 6.03. The molecule has 168 valence electrons. The molecule has 0 aliphatic heterocycles. The van der Waals surface area contributed by atoms with Gasteiger partial charge in [0.2, 0.25) is 0 Å². The molecule has 2 N–H and O–H groups in total. The number of pyridine rings is 3. The molecule has 34 heavy (non-hydrogen) atoms. The summed E-state index contributed by atoms with van der Waals surface area (Å²) in [5.74, 6) is -0.245. The maximum atomic E-state index is 14.3. The molecule has 0 unspecified atom stereocenters. The number of ether oxygens (including phenoxy) is 1. The van der Waals surface area contributed by atoms with Crippen molar-refractivity contribution in [3.63, 3.8) is 0 Å². The topological polar surface area (TPSA) is 114 Å². The second kappa shape index (κ2) is 9.58. The van der Waals surface area contributed by atoms with Crippen molar-refractivity contribution in [2.24, 2.45) is 0 Å². The molecule has 12 heteroatoms. The minimum atomic E-state index is -0.836. The van der Waals surface area contributed by atoms with Gasteiger partial charge >= 0.3 is 0 Å². The number of halogens is 2. The van der Waals surface area contributed by atoms with Gasteiger partial charge < -0.3 is 10.1 Å². The highest BCUT2D eigenvalue weighted by atomic mass is 32.2. The predicted octanol–water partition coefficient (Wildman–Crippen LogP) is 5.02. The minimum absolute atomic E-state index is 0.146. The Labute approximate surface area is 195 Å². The van der Waals surface area contributed by atoms with Gasteiger partial charge in [0, 0.05) is 41.2 Å². The first-order valence-corrected chi connectivity index (χ1v) is 10.6. The fraction of sp³-hybridized carbons (Fsp3) is 0. The maximum absolute atomic E-state index is 14.3. The zero-order valence-corrected chi connectivity index (χ0v) is 18.0. The Bertz CT molecular complexity index is 1400. The van der Waals surface area contributed by atoms with Crippen LogP contribution in [0.1, 0.15) is 0 Å². The molecular formula is C22H14F2N8OS. The smallest absolute Gasteiger partial charge is 0.180 e. The van der Waals surface area contributed by atoms with Crippen molar-refractivity contribution in [2.45, 2.75) is 9.92 Å². The second-order valence-corrected chi connectivity index (χ2v) is 7.87. The van der Waals surface area contributed by atoms with Crippen LogP contribution in [0.5, 0.6) is 11.5 Å². The van der Waals surface area contributed by atoms with E-state index in [0.29, 0.717) is 22.1 Å². The van der Waals surface area contributed by atoms with Crippen molar-refractivity contribution >= 4 is 23.4 Å². The molecular weight excluding hydrogens is 462 g/mol. The maximum Gasteiger partial charge on any atom is 0.180 e. The molecule has 1 aromatic carbocycles. The summed E-state index contributed by atoms with van der Waals surface area (Å²) < 4.78 is 33.4. The number of hydrogen-bond acceptors (Lipinski definition) is 9. The van der Waals surface area contributed by atoms with Gasteiger partial charge in [0.25, 0.3) is 0 Å². The first-order chi connectivity index (χ1) is 16.6. The monoisotopic (exact) mass is 476 g/mol. The van der Waals surface area contributed by atoms with Crippen molar-refractivity contribution < 1.29 is 13.5 Å². The first kappa shape index (κ1) is 21.4. The van der Waals surface area contributed by atoms with E-state index in [4.69, 9.17) is 4.74 Å². The second-order valence-electron chi connectivity index (χ2n) is 6.77. The average molecular weight is 476 g/mol. The number of tetrazole rings is 1. The van der Waals surface area contributed by atoms with E-state index in [1.165, 1.54) is 17.8 Å². The lowest BCUT2D eigenvalue weighted by Crippen LogP contribution is -2.00. The SMILES string of the molecule is Fc1ccc(Oc2cc(Sc3ccccn3)cnc2Nc2ccc(-c3nnn[nH]3)cn2)c(F)c1. The van der Waals surface area contributed by atoms with Crippen molar-refractivity contribution in [2.75, 3.05) is 5.32 Å². The van der Waals surface area contributed by atoms with Gasteiger partial charge in [0.1, 0.15) is 16.7 Å². The fourth-order valence-electron chi connectivity index (χ4n) is 2.87. The van der Waals surface area contributed by atoms with Crippen LogP contribution in [0, 0.1) is 11.6 Å². The minimum Gasteiger partial charge on any atom is -0.450 e. The summed E-state index contributed by atoms with van der Waals surface area (Å²) in [4.78, 5) is 13.8. The van der Waals surface area contributed by atoms with E-state index in [-0.39, 0.29) is 17.3 Å². The molecule has 0 aliphatic carbocycles. The third kappa shape index (κ3) is 4.96. The van der Waals surface area contributed by atoms with Crippen LogP contribution in [-0.2, 0) is 0 Å². The molecule has 0 spiro atoms. The van der Waals surface area contributed by atoms with E-state index < -0.39 is 11.6 Å². The Hall–Kier alpha value is -4.45. The van der Waals surface area contributed by atoms with Gasteiger partial charge in [-0.1, -0.05) is 17.8 Å². The molecule has 0 saturated carbocycles. The summed E-state index contributed by atoms with van der Waals surface area (Å²) >= 11 is 1.36. The normalized spacial score (nSPS) is 10.8. The number of aromatic amines is 1. The predicted molar refractivity (Wildman–Crippen MR) is 120 cm³/mol. The lowest BCUT2D eigenvalue weighted by Gasteiger charge is -2.14. The van der Waals surface area contributed by atoms with Crippen LogP contribution in [0.25, 0.3) is 11.4 Å². The van der Waals surface area contributed by atoms with E-state index in [2.05, 4.69) is 40.9 Å². The van der Waals surface area contributed by atoms with Crippen molar-refractivity contribution in [3.05, 3.63) is 84.8 Å². The third-order valence-corrected chi connectivity index (χ3v) is 5.34. The summed E-state index contributed by atoms with van der Waals surface area (Å²) in [5, 5.41) is 17.4. The lowest BCUT2D eigenvalue weighted by molar-refractivity contribution is 0.437. The zero-order valence-electron chi connectivity index (χ0n) is 17.2. The molecule has 0 atom stereocenters. The lowest BCUT2D eigenvalue weighted by atomic mass is 10.2. The van der Waals surface area contributed by atoms with E-state index in [9.17, 15) is 8.78 Å². The van der Waals surface area contributed by atoms with E-state index in [0.717, 1.165) is 17.2 Å². The number of benzene rings is 1. The van der Waals surface area contributed by atoms with Crippen molar-refractivity contribution in [1.29, 1.82) is 0 Å².